The van der Waals surface area contributed by atoms with Gasteiger partial charge in [0.15, 0.2) is 0 Å². The van der Waals surface area contributed by atoms with Gasteiger partial charge in [0.25, 0.3) is 0 Å². The minimum absolute atomic E-state index is 0.241. The van der Waals surface area contributed by atoms with E-state index in [1.54, 1.807) is 4.31 Å². The number of nitrogens with zero attached hydrogens (tertiary/aromatic N) is 2. The Hall–Kier alpha value is -0.130. The van der Waals surface area contributed by atoms with Gasteiger partial charge in [-0.2, -0.15) is 4.31 Å². The van der Waals surface area contributed by atoms with Crippen LogP contribution in [0.5, 0.6) is 0 Å². The van der Waals surface area contributed by atoms with Crippen molar-refractivity contribution in [3.8, 4) is 0 Å². The van der Waals surface area contributed by atoms with Crippen molar-refractivity contribution in [1.82, 2.24) is 9.21 Å². The molecule has 0 aromatic rings. The van der Waals surface area contributed by atoms with Gasteiger partial charge in [-0.25, -0.2) is 8.42 Å². The third-order valence-corrected chi connectivity index (χ3v) is 6.91. The van der Waals surface area contributed by atoms with Crippen LogP contribution in [0.25, 0.3) is 0 Å². The molecular weight excluding hydrogens is 320 g/mol. The maximum Gasteiger partial charge on any atom is 0.211 e. The van der Waals surface area contributed by atoms with Crippen molar-refractivity contribution in [3.63, 3.8) is 0 Å². The summed E-state index contributed by atoms with van der Waals surface area (Å²) in [6, 6.07) is 0. The van der Waals surface area contributed by atoms with Gasteiger partial charge in [-0.1, -0.05) is 65.2 Å². The first-order valence-corrected chi connectivity index (χ1v) is 11.9. The van der Waals surface area contributed by atoms with Crippen LogP contribution in [0.1, 0.15) is 85.0 Å². The molecule has 24 heavy (non-hydrogen) atoms. The maximum atomic E-state index is 11.7. The Bertz CT molecular complexity index is 417. The largest absolute Gasteiger partial charge is 0.295 e. The van der Waals surface area contributed by atoms with Crippen LogP contribution in [0.15, 0.2) is 0 Å². The Morgan fingerprint density at radius 1 is 0.792 bits per heavy atom. The van der Waals surface area contributed by atoms with E-state index in [2.05, 4.69) is 25.7 Å². The van der Waals surface area contributed by atoms with Crippen LogP contribution in [0, 0.1) is 0 Å². The van der Waals surface area contributed by atoms with Crippen LogP contribution in [0.4, 0.5) is 0 Å². The lowest BCUT2D eigenvalue weighted by molar-refractivity contribution is 0.0488. The van der Waals surface area contributed by atoms with Gasteiger partial charge in [0.05, 0.1) is 6.26 Å². The highest BCUT2D eigenvalue weighted by Crippen LogP contribution is 2.30. The molecule has 1 saturated heterocycles. The average molecular weight is 361 g/mol. The molecule has 0 aromatic heterocycles. The number of rotatable bonds is 12. The van der Waals surface area contributed by atoms with Gasteiger partial charge in [0, 0.05) is 31.7 Å². The Balaban J connectivity index is 2.59. The lowest BCUT2D eigenvalue weighted by Crippen LogP contribution is -2.56. The minimum atomic E-state index is -3.04. The van der Waals surface area contributed by atoms with Crippen molar-refractivity contribution in [2.45, 2.75) is 90.5 Å². The average Bonchev–Trinajstić information content (AvgIpc) is 2.55. The standard InChI is InChI=1S/C19H40N2O2S/c1-5-7-9-11-13-19(3,14-12-10-8-6-2)20-15-17-21(18-16-20)24(4,22)23/h5-18H2,1-4H3. The molecule has 144 valence electrons. The molecule has 0 aromatic carbocycles. The highest BCUT2D eigenvalue weighted by molar-refractivity contribution is 7.88. The molecule has 4 nitrogen and oxygen atoms in total. The van der Waals surface area contributed by atoms with Crippen LogP contribution in [0.3, 0.4) is 0 Å². The Morgan fingerprint density at radius 3 is 1.62 bits per heavy atom. The van der Waals surface area contributed by atoms with E-state index >= 15 is 0 Å². The van der Waals surface area contributed by atoms with Crippen LogP contribution < -0.4 is 0 Å². The van der Waals surface area contributed by atoms with Crippen LogP contribution in [-0.2, 0) is 10.0 Å². The van der Waals surface area contributed by atoms with Crippen molar-refractivity contribution in [3.05, 3.63) is 0 Å². The molecule has 1 heterocycles. The number of hydrogen-bond acceptors (Lipinski definition) is 3. The van der Waals surface area contributed by atoms with Crippen molar-refractivity contribution in [2.75, 3.05) is 32.4 Å². The highest BCUT2D eigenvalue weighted by Gasteiger charge is 2.34. The molecule has 0 unspecified atom stereocenters. The van der Waals surface area contributed by atoms with Crippen molar-refractivity contribution in [2.24, 2.45) is 0 Å². The molecular formula is C19H40N2O2S. The van der Waals surface area contributed by atoms with Gasteiger partial charge in [0.1, 0.15) is 0 Å². The summed E-state index contributed by atoms with van der Waals surface area (Å²) in [5.74, 6) is 0. The lowest BCUT2D eigenvalue weighted by Gasteiger charge is -2.46. The first-order valence-electron chi connectivity index (χ1n) is 10.0. The smallest absolute Gasteiger partial charge is 0.211 e. The van der Waals surface area contributed by atoms with Crippen LogP contribution in [-0.4, -0.2) is 55.6 Å². The normalized spacial score (nSPS) is 18.2. The van der Waals surface area contributed by atoms with E-state index in [9.17, 15) is 8.42 Å². The molecule has 0 radical (unpaired) electrons. The third kappa shape index (κ3) is 7.40. The summed E-state index contributed by atoms with van der Waals surface area (Å²) >= 11 is 0. The number of hydrogen-bond donors (Lipinski definition) is 0. The van der Waals surface area contributed by atoms with Gasteiger partial charge in [0.2, 0.25) is 10.0 Å². The molecule has 5 heteroatoms. The Morgan fingerprint density at radius 2 is 1.25 bits per heavy atom. The zero-order valence-corrected chi connectivity index (χ0v) is 17.3. The molecule has 0 saturated carbocycles. The number of sulfonamides is 1. The van der Waals surface area contributed by atoms with Crippen molar-refractivity contribution in [1.29, 1.82) is 0 Å². The van der Waals surface area contributed by atoms with Gasteiger partial charge in [-0.3, -0.25) is 4.90 Å². The summed E-state index contributed by atoms with van der Waals surface area (Å²) in [7, 11) is -3.04. The molecule has 1 fully saturated rings. The van der Waals surface area contributed by atoms with E-state index in [0.29, 0.717) is 13.1 Å². The molecule has 1 rings (SSSR count). The van der Waals surface area contributed by atoms with Gasteiger partial charge in [-0.05, 0) is 19.8 Å². The van der Waals surface area contributed by atoms with Crippen molar-refractivity contribution >= 4 is 10.0 Å². The van der Waals surface area contributed by atoms with E-state index in [0.717, 1.165) is 13.1 Å². The second-order valence-electron chi connectivity index (χ2n) is 7.77. The molecule has 0 atom stereocenters. The maximum absolute atomic E-state index is 11.7. The predicted molar refractivity (Wildman–Crippen MR) is 104 cm³/mol. The zero-order valence-electron chi connectivity index (χ0n) is 16.5. The fourth-order valence-electron chi connectivity index (χ4n) is 3.87. The van der Waals surface area contributed by atoms with Gasteiger partial charge in [-0.15, -0.1) is 0 Å². The highest BCUT2D eigenvalue weighted by atomic mass is 32.2. The molecule has 1 aliphatic heterocycles. The number of unbranched alkanes of at least 4 members (excludes halogenated alkanes) is 6. The van der Waals surface area contributed by atoms with E-state index < -0.39 is 10.0 Å². The summed E-state index contributed by atoms with van der Waals surface area (Å²) in [5, 5.41) is 0. The van der Waals surface area contributed by atoms with E-state index in [-0.39, 0.29) is 5.54 Å². The minimum Gasteiger partial charge on any atom is -0.295 e. The monoisotopic (exact) mass is 360 g/mol. The second kappa shape index (κ2) is 10.8. The Kier molecular flexibility index (Phi) is 9.83. The van der Waals surface area contributed by atoms with Crippen molar-refractivity contribution < 1.29 is 8.42 Å². The first-order chi connectivity index (χ1) is 11.3. The molecule has 0 aliphatic carbocycles. The van der Waals surface area contributed by atoms with Crippen LogP contribution >= 0.6 is 0 Å². The summed E-state index contributed by atoms with van der Waals surface area (Å²) in [4.78, 5) is 2.58. The summed E-state index contributed by atoms with van der Waals surface area (Å²) in [5.41, 5.74) is 0.241. The summed E-state index contributed by atoms with van der Waals surface area (Å²) in [6.45, 7) is 10.00. The third-order valence-electron chi connectivity index (χ3n) is 5.61. The molecule has 0 spiro atoms. The first kappa shape index (κ1) is 21.9. The van der Waals surface area contributed by atoms with Gasteiger partial charge < -0.3 is 0 Å². The molecule has 1 aliphatic rings. The quantitative estimate of drug-likeness (QED) is 0.488. The topological polar surface area (TPSA) is 40.6 Å². The van der Waals surface area contributed by atoms with E-state index in [1.165, 1.54) is 70.5 Å². The summed E-state index contributed by atoms with van der Waals surface area (Å²) < 4.78 is 25.1. The number of piperazine rings is 1. The van der Waals surface area contributed by atoms with E-state index in [1.807, 2.05) is 0 Å². The predicted octanol–water partition coefficient (Wildman–Crippen LogP) is 4.26. The zero-order chi connectivity index (χ0) is 18.1. The molecule has 0 N–H and O–H groups in total. The Labute approximate surface area is 151 Å². The summed E-state index contributed by atoms with van der Waals surface area (Å²) in [6.07, 6.45) is 14.3. The second-order valence-corrected chi connectivity index (χ2v) is 9.75. The van der Waals surface area contributed by atoms with E-state index in [4.69, 9.17) is 0 Å². The van der Waals surface area contributed by atoms with Crippen LogP contribution in [0.2, 0.25) is 0 Å². The lowest BCUT2D eigenvalue weighted by atomic mass is 9.86. The molecule has 0 bridgehead atoms. The fourth-order valence-corrected chi connectivity index (χ4v) is 4.69. The van der Waals surface area contributed by atoms with Gasteiger partial charge >= 0.3 is 0 Å². The fraction of sp³-hybridized carbons (Fsp3) is 1.00. The molecule has 0 amide bonds. The SMILES string of the molecule is CCCCCCC(C)(CCCCCC)N1CCN(S(C)(=O)=O)CC1.